The van der Waals surface area contributed by atoms with Gasteiger partial charge in [0.2, 0.25) is 0 Å². The predicted octanol–water partition coefficient (Wildman–Crippen LogP) is 4.10. The molecule has 0 aliphatic heterocycles. The molecule has 0 heterocycles. The number of alkyl halides is 1. The number of sulfonamides is 1. The number of rotatable bonds is 7. The third-order valence-corrected chi connectivity index (χ3v) is 7.51. The van der Waals surface area contributed by atoms with Gasteiger partial charge in [-0.25, -0.2) is 8.42 Å². The van der Waals surface area contributed by atoms with E-state index in [1.165, 1.54) is 14.7 Å². The second kappa shape index (κ2) is 9.11. The van der Waals surface area contributed by atoms with E-state index in [9.17, 15) is 13.2 Å². The Balaban J connectivity index is 2.20. The molecular formula is C16H16I2N2O3S. The van der Waals surface area contributed by atoms with Crippen molar-refractivity contribution in [2.45, 2.75) is 11.3 Å². The van der Waals surface area contributed by atoms with Crippen molar-refractivity contribution in [3.05, 3.63) is 60.2 Å². The summed E-state index contributed by atoms with van der Waals surface area (Å²) in [4.78, 5) is 12.4. The van der Waals surface area contributed by atoms with Crippen LogP contribution in [0, 0.1) is 0 Å². The van der Waals surface area contributed by atoms with Gasteiger partial charge in [0, 0.05) is 45.1 Å². The van der Waals surface area contributed by atoms with Gasteiger partial charge in [-0.15, -0.1) is 2.52 Å². The second-order valence-corrected chi connectivity index (χ2v) is 9.67. The summed E-state index contributed by atoms with van der Waals surface area (Å²) in [6.07, 6.45) is 0.775. The van der Waals surface area contributed by atoms with E-state index < -0.39 is 10.0 Å². The Morgan fingerprint density at radius 2 is 1.79 bits per heavy atom. The van der Waals surface area contributed by atoms with Gasteiger partial charge in [-0.1, -0.05) is 46.9 Å². The van der Waals surface area contributed by atoms with Crippen LogP contribution >= 0.6 is 45.5 Å². The molecule has 0 atom stereocenters. The molecule has 24 heavy (non-hydrogen) atoms. The first-order valence-corrected chi connectivity index (χ1v) is 11.1. The van der Waals surface area contributed by atoms with Crippen molar-refractivity contribution in [2.24, 2.45) is 0 Å². The highest BCUT2D eigenvalue weighted by Crippen LogP contribution is 2.21. The van der Waals surface area contributed by atoms with E-state index in [0.717, 1.165) is 10.8 Å². The number of carbonyl (C=O) groups is 1. The third kappa shape index (κ3) is 5.14. The minimum atomic E-state index is -3.60. The molecule has 0 saturated carbocycles. The predicted molar refractivity (Wildman–Crippen MR) is 112 cm³/mol. The molecule has 5 nitrogen and oxygen atoms in total. The zero-order valence-electron chi connectivity index (χ0n) is 12.7. The highest BCUT2D eigenvalue weighted by Gasteiger charge is 2.22. The molecule has 0 radical (unpaired) electrons. The lowest BCUT2D eigenvalue weighted by Crippen LogP contribution is -2.23. The molecule has 0 saturated heterocycles. The van der Waals surface area contributed by atoms with Crippen LogP contribution in [0.25, 0.3) is 0 Å². The summed E-state index contributed by atoms with van der Waals surface area (Å²) < 4.78 is 27.3. The largest absolute Gasteiger partial charge is 0.322 e. The van der Waals surface area contributed by atoms with E-state index in [2.05, 4.69) is 27.9 Å². The average Bonchev–Trinajstić information content (AvgIpc) is 2.60. The summed E-state index contributed by atoms with van der Waals surface area (Å²) in [5.74, 6) is -0.342. The molecule has 0 unspecified atom stereocenters. The van der Waals surface area contributed by atoms with Gasteiger partial charge in [-0.3, -0.25) is 4.79 Å². The molecule has 2 rings (SSSR count). The van der Waals surface area contributed by atoms with E-state index in [0.29, 0.717) is 17.8 Å². The van der Waals surface area contributed by atoms with Gasteiger partial charge >= 0.3 is 0 Å². The smallest absolute Gasteiger partial charge is 0.255 e. The zero-order valence-corrected chi connectivity index (χ0v) is 17.8. The van der Waals surface area contributed by atoms with E-state index in [1.807, 2.05) is 18.2 Å². The van der Waals surface area contributed by atoms with Crippen molar-refractivity contribution in [3.8, 4) is 0 Å². The number of halogens is 2. The summed E-state index contributed by atoms with van der Waals surface area (Å²) in [5, 5.41) is 2.75. The Hall–Kier alpha value is -0.720. The number of carbonyl (C=O) groups excluding carboxylic acids is 1. The van der Waals surface area contributed by atoms with Crippen molar-refractivity contribution >= 4 is 67.1 Å². The van der Waals surface area contributed by atoms with Crippen LogP contribution in [0.1, 0.15) is 16.8 Å². The van der Waals surface area contributed by atoms with Gasteiger partial charge in [-0.2, -0.15) is 0 Å². The monoisotopic (exact) mass is 570 g/mol. The fourth-order valence-corrected chi connectivity index (χ4v) is 4.43. The number of hydrogen-bond donors (Lipinski definition) is 1. The normalized spacial score (nSPS) is 11.5. The molecule has 0 spiro atoms. The van der Waals surface area contributed by atoms with Crippen molar-refractivity contribution in [2.75, 3.05) is 16.3 Å². The van der Waals surface area contributed by atoms with Gasteiger partial charge in [-0.05, 0) is 36.8 Å². The van der Waals surface area contributed by atoms with Crippen LogP contribution in [0.15, 0.2) is 59.5 Å². The number of nitrogens with one attached hydrogen (secondary N) is 1. The van der Waals surface area contributed by atoms with Gasteiger partial charge in [0.05, 0.1) is 4.90 Å². The minimum Gasteiger partial charge on any atom is -0.322 e. The molecule has 0 aromatic heterocycles. The topological polar surface area (TPSA) is 66.5 Å². The summed E-state index contributed by atoms with van der Waals surface area (Å²) in [6, 6.07) is 15.1. The number of anilines is 1. The summed E-state index contributed by atoms with van der Waals surface area (Å²) >= 11 is 4.01. The summed E-state index contributed by atoms with van der Waals surface area (Å²) in [5.41, 5.74) is 0.965. The molecule has 8 heteroatoms. The fraction of sp³-hybridized carbons (Fsp3) is 0.188. The number of benzene rings is 2. The molecule has 128 valence electrons. The van der Waals surface area contributed by atoms with Crippen LogP contribution in [0.4, 0.5) is 5.69 Å². The lowest BCUT2D eigenvalue weighted by atomic mass is 10.2. The first kappa shape index (κ1) is 19.6. The Morgan fingerprint density at radius 1 is 1.08 bits per heavy atom. The Kier molecular flexibility index (Phi) is 7.44. The standard InChI is InChI=1S/C16H16I2N2O3S/c17-10-5-11-20(18)24(22,23)15-9-4-6-13(12-15)16(21)19-14-7-2-1-3-8-14/h1-4,6-9,12H,5,10-11H2,(H,19,21). The Bertz CT molecular complexity index is 798. The molecule has 0 aliphatic carbocycles. The fourth-order valence-electron chi connectivity index (χ4n) is 1.94. The first-order chi connectivity index (χ1) is 11.4. The van der Waals surface area contributed by atoms with Crippen molar-refractivity contribution in [1.82, 2.24) is 2.52 Å². The van der Waals surface area contributed by atoms with Crippen LogP contribution in [-0.4, -0.2) is 27.8 Å². The summed E-state index contributed by atoms with van der Waals surface area (Å²) in [7, 11) is -3.60. The zero-order chi connectivity index (χ0) is 17.6. The van der Waals surface area contributed by atoms with Gasteiger partial charge < -0.3 is 5.32 Å². The Morgan fingerprint density at radius 3 is 2.46 bits per heavy atom. The van der Waals surface area contributed by atoms with Gasteiger partial charge in [0.1, 0.15) is 0 Å². The third-order valence-electron chi connectivity index (χ3n) is 3.15. The van der Waals surface area contributed by atoms with Crippen LogP contribution in [-0.2, 0) is 10.0 Å². The average molecular weight is 570 g/mol. The molecule has 2 aromatic rings. The molecule has 0 aliphatic rings. The highest BCUT2D eigenvalue weighted by atomic mass is 127. The van der Waals surface area contributed by atoms with Crippen molar-refractivity contribution < 1.29 is 13.2 Å². The minimum absolute atomic E-state index is 0.117. The SMILES string of the molecule is O=C(Nc1ccccc1)c1cccc(S(=O)(=O)N(I)CCCI)c1. The summed E-state index contributed by atoms with van der Waals surface area (Å²) in [6.45, 7) is 0.437. The van der Waals surface area contributed by atoms with E-state index in [-0.39, 0.29) is 10.8 Å². The lowest BCUT2D eigenvalue weighted by molar-refractivity contribution is 0.102. The second-order valence-electron chi connectivity index (χ2n) is 4.91. The Labute approximate surface area is 169 Å². The number of hydrogen-bond acceptors (Lipinski definition) is 3. The maximum Gasteiger partial charge on any atom is 0.255 e. The van der Waals surface area contributed by atoms with Crippen molar-refractivity contribution in [1.29, 1.82) is 0 Å². The molecule has 2 aromatic carbocycles. The first-order valence-electron chi connectivity index (χ1n) is 7.16. The van der Waals surface area contributed by atoms with Crippen LogP contribution < -0.4 is 5.32 Å². The van der Waals surface area contributed by atoms with Gasteiger partial charge in [0.25, 0.3) is 15.9 Å². The van der Waals surface area contributed by atoms with Crippen LogP contribution in [0.2, 0.25) is 0 Å². The van der Waals surface area contributed by atoms with E-state index in [4.69, 9.17) is 0 Å². The maximum atomic E-state index is 12.6. The molecule has 1 amide bonds. The number of amides is 1. The highest BCUT2D eigenvalue weighted by molar-refractivity contribution is 14.1. The number of nitrogens with zero attached hydrogens (tertiary/aromatic N) is 1. The van der Waals surface area contributed by atoms with E-state index in [1.54, 1.807) is 47.1 Å². The quantitative estimate of drug-likeness (QED) is 0.310. The molecule has 0 fully saturated rings. The van der Waals surface area contributed by atoms with Crippen LogP contribution in [0.5, 0.6) is 0 Å². The molecule has 0 bridgehead atoms. The lowest BCUT2D eigenvalue weighted by Gasteiger charge is -2.15. The van der Waals surface area contributed by atoms with E-state index >= 15 is 0 Å². The number of para-hydroxylation sites is 1. The van der Waals surface area contributed by atoms with Crippen molar-refractivity contribution in [3.63, 3.8) is 0 Å². The van der Waals surface area contributed by atoms with Gasteiger partial charge in [0.15, 0.2) is 0 Å². The maximum absolute atomic E-state index is 12.6. The molecule has 1 N–H and O–H groups in total. The van der Waals surface area contributed by atoms with Crippen LogP contribution in [0.3, 0.4) is 0 Å². The molecular weight excluding hydrogens is 554 g/mol.